The Morgan fingerprint density at radius 3 is 3.13 bits per heavy atom. The van der Waals surface area contributed by atoms with Crippen LogP contribution in [0.2, 0.25) is 0 Å². The van der Waals surface area contributed by atoms with E-state index in [4.69, 9.17) is 4.74 Å². The molecule has 0 unspecified atom stereocenters. The number of pyridine rings is 1. The maximum absolute atomic E-state index is 5.52. The molecule has 1 heterocycles. The summed E-state index contributed by atoms with van der Waals surface area (Å²) in [6, 6.07) is 4.48. The Bertz CT molecular complexity index is 320. The molecule has 0 radical (unpaired) electrons. The van der Waals surface area contributed by atoms with Gasteiger partial charge in [0, 0.05) is 18.8 Å². The Morgan fingerprint density at radius 2 is 2.47 bits per heavy atom. The molecular weight excluding hydrogens is 188 g/mol. The van der Waals surface area contributed by atoms with E-state index in [9.17, 15) is 0 Å². The third-order valence-electron chi connectivity index (χ3n) is 2.30. The molecule has 15 heavy (non-hydrogen) atoms. The number of nitrogens with zero attached hydrogens (tertiary/aromatic N) is 1. The van der Waals surface area contributed by atoms with E-state index in [2.05, 4.69) is 16.9 Å². The zero-order chi connectivity index (χ0) is 10.5. The molecule has 3 nitrogen and oxygen atoms in total. The van der Waals surface area contributed by atoms with Gasteiger partial charge >= 0.3 is 0 Å². The highest BCUT2D eigenvalue weighted by molar-refractivity contribution is 5.16. The fourth-order valence-electron chi connectivity index (χ4n) is 1.25. The second-order valence-corrected chi connectivity index (χ2v) is 3.88. The van der Waals surface area contributed by atoms with Crippen LogP contribution in [0.1, 0.15) is 12.8 Å². The van der Waals surface area contributed by atoms with Gasteiger partial charge in [0.25, 0.3) is 0 Å². The first-order valence-corrected chi connectivity index (χ1v) is 5.27. The lowest BCUT2D eigenvalue weighted by Crippen LogP contribution is -2.21. The number of rotatable bonds is 6. The highest BCUT2D eigenvalue weighted by Gasteiger charge is 2.19. The normalized spacial score (nSPS) is 14.9. The van der Waals surface area contributed by atoms with Crippen LogP contribution in [0.3, 0.4) is 0 Å². The molecule has 3 heteroatoms. The quantitative estimate of drug-likeness (QED) is 0.717. The van der Waals surface area contributed by atoms with E-state index in [-0.39, 0.29) is 0 Å². The highest BCUT2D eigenvalue weighted by atomic mass is 16.5. The van der Waals surface area contributed by atoms with Crippen molar-refractivity contribution in [1.29, 1.82) is 0 Å². The summed E-state index contributed by atoms with van der Waals surface area (Å²) in [4.78, 5) is 3.98. The van der Waals surface area contributed by atoms with Crippen molar-refractivity contribution in [2.24, 2.45) is 0 Å². The third-order valence-corrected chi connectivity index (χ3v) is 2.30. The molecule has 1 fully saturated rings. The van der Waals surface area contributed by atoms with E-state index in [1.54, 1.807) is 12.4 Å². The predicted octanol–water partition coefficient (Wildman–Crippen LogP) is 1.77. The molecule has 1 aliphatic rings. The topological polar surface area (TPSA) is 34.1 Å². The number of ether oxygens (including phenoxy) is 1. The molecule has 1 N–H and O–H groups in total. The van der Waals surface area contributed by atoms with Crippen molar-refractivity contribution in [2.75, 3.05) is 13.2 Å². The van der Waals surface area contributed by atoms with Gasteiger partial charge in [0.15, 0.2) is 0 Å². The molecule has 2 rings (SSSR count). The SMILES string of the molecule is C=C(CNC1CC1)COc1cccnc1. The Hall–Kier alpha value is -1.35. The summed E-state index contributed by atoms with van der Waals surface area (Å²) in [7, 11) is 0. The summed E-state index contributed by atoms with van der Waals surface area (Å²) in [6.07, 6.45) is 6.05. The van der Waals surface area contributed by atoms with Crippen molar-refractivity contribution < 1.29 is 4.74 Å². The molecule has 0 aromatic carbocycles. The van der Waals surface area contributed by atoms with Crippen molar-refractivity contribution in [3.63, 3.8) is 0 Å². The van der Waals surface area contributed by atoms with Gasteiger partial charge in [0.1, 0.15) is 12.4 Å². The summed E-state index contributed by atoms with van der Waals surface area (Å²) in [5.41, 5.74) is 1.07. The van der Waals surface area contributed by atoms with Crippen LogP contribution in [0.15, 0.2) is 36.7 Å². The zero-order valence-corrected chi connectivity index (χ0v) is 8.78. The van der Waals surface area contributed by atoms with Gasteiger partial charge < -0.3 is 10.1 Å². The molecule has 80 valence electrons. The second-order valence-electron chi connectivity index (χ2n) is 3.88. The first-order chi connectivity index (χ1) is 7.34. The average Bonchev–Trinajstić information content (AvgIpc) is 3.09. The minimum Gasteiger partial charge on any atom is -0.488 e. The molecule has 0 aliphatic heterocycles. The van der Waals surface area contributed by atoms with Gasteiger partial charge in [-0.05, 0) is 30.5 Å². The monoisotopic (exact) mass is 204 g/mol. The summed E-state index contributed by atoms with van der Waals surface area (Å²) in [6.45, 7) is 5.37. The van der Waals surface area contributed by atoms with E-state index >= 15 is 0 Å². The van der Waals surface area contributed by atoms with Crippen LogP contribution in [0.4, 0.5) is 0 Å². The van der Waals surface area contributed by atoms with Crippen molar-refractivity contribution in [2.45, 2.75) is 18.9 Å². The molecular formula is C12H16N2O. The maximum atomic E-state index is 5.52. The molecule has 0 saturated heterocycles. The van der Waals surface area contributed by atoms with Crippen molar-refractivity contribution in [3.8, 4) is 5.75 Å². The summed E-state index contributed by atoms with van der Waals surface area (Å²) in [5, 5.41) is 3.40. The maximum Gasteiger partial charge on any atom is 0.138 e. The molecule has 1 aromatic heterocycles. The molecule has 0 atom stereocenters. The van der Waals surface area contributed by atoms with E-state index < -0.39 is 0 Å². The minimum atomic E-state index is 0.561. The number of hydrogen-bond acceptors (Lipinski definition) is 3. The number of aromatic nitrogens is 1. The van der Waals surface area contributed by atoms with Gasteiger partial charge in [-0.2, -0.15) is 0 Å². The second kappa shape index (κ2) is 4.94. The third kappa shape index (κ3) is 3.72. The van der Waals surface area contributed by atoms with E-state index in [0.29, 0.717) is 6.61 Å². The van der Waals surface area contributed by atoms with Gasteiger partial charge in [0.05, 0.1) is 6.20 Å². The molecule has 0 bridgehead atoms. The number of hydrogen-bond donors (Lipinski definition) is 1. The van der Waals surface area contributed by atoms with Gasteiger partial charge in [-0.3, -0.25) is 4.98 Å². The van der Waals surface area contributed by atoms with Crippen molar-refractivity contribution in [1.82, 2.24) is 10.3 Å². The van der Waals surface area contributed by atoms with Crippen LogP contribution in [0.25, 0.3) is 0 Å². The van der Waals surface area contributed by atoms with Crippen LogP contribution in [0.5, 0.6) is 5.75 Å². The molecule has 1 saturated carbocycles. The highest BCUT2D eigenvalue weighted by Crippen LogP contribution is 2.18. The molecule has 1 aliphatic carbocycles. The van der Waals surface area contributed by atoms with E-state index in [1.165, 1.54) is 12.8 Å². The van der Waals surface area contributed by atoms with Crippen LogP contribution in [0, 0.1) is 0 Å². The lowest BCUT2D eigenvalue weighted by Gasteiger charge is -2.08. The molecule has 1 aromatic rings. The largest absolute Gasteiger partial charge is 0.488 e. The van der Waals surface area contributed by atoms with E-state index in [0.717, 1.165) is 23.9 Å². The van der Waals surface area contributed by atoms with Crippen LogP contribution in [-0.2, 0) is 0 Å². The van der Waals surface area contributed by atoms with E-state index in [1.807, 2.05) is 12.1 Å². The van der Waals surface area contributed by atoms with Crippen LogP contribution >= 0.6 is 0 Å². The Labute approximate surface area is 90.2 Å². The Balaban J connectivity index is 1.66. The standard InChI is InChI=1S/C12H16N2O/c1-10(7-14-11-4-5-11)9-15-12-3-2-6-13-8-12/h2-3,6,8,11,14H,1,4-5,7,9H2. The molecule has 0 spiro atoms. The summed E-state index contributed by atoms with van der Waals surface area (Å²) in [5.74, 6) is 0.796. The smallest absolute Gasteiger partial charge is 0.138 e. The summed E-state index contributed by atoms with van der Waals surface area (Å²) < 4.78 is 5.52. The van der Waals surface area contributed by atoms with Gasteiger partial charge in [-0.25, -0.2) is 0 Å². The summed E-state index contributed by atoms with van der Waals surface area (Å²) >= 11 is 0. The lowest BCUT2D eigenvalue weighted by atomic mass is 10.3. The van der Waals surface area contributed by atoms with Crippen molar-refractivity contribution >= 4 is 0 Å². The fourth-order valence-corrected chi connectivity index (χ4v) is 1.25. The van der Waals surface area contributed by atoms with Gasteiger partial charge in [0.2, 0.25) is 0 Å². The van der Waals surface area contributed by atoms with Gasteiger partial charge in [-0.1, -0.05) is 6.58 Å². The first kappa shape index (κ1) is 10.2. The minimum absolute atomic E-state index is 0.561. The predicted molar refractivity (Wildman–Crippen MR) is 59.9 cm³/mol. The van der Waals surface area contributed by atoms with Gasteiger partial charge in [-0.15, -0.1) is 0 Å². The number of nitrogens with one attached hydrogen (secondary N) is 1. The average molecular weight is 204 g/mol. The van der Waals surface area contributed by atoms with Crippen LogP contribution in [-0.4, -0.2) is 24.2 Å². The fraction of sp³-hybridized carbons (Fsp3) is 0.417. The Kier molecular flexibility index (Phi) is 3.35. The zero-order valence-electron chi connectivity index (χ0n) is 8.78. The first-order valence-electron chi connectivity index (χ1n) is 5.27. The van der Waals surface area contributed by atoms with Crippen LogP contribution < -0.4 is 10.1 Å². The Morgan fingerprint density at radius 1 is 1.60 bits per heavy atom. The van der Waals surface area contributed by atoms with Crippen molar-refractivity contribution in [3.05, 3.63) is 36.7 Å². The lowest BCUT2D eigenvalue weighted by molar-refractivity contribution is 0.347. The molecule has 0 amide bonds.